The number of nitrogens with zero attached hydrogens (tertiary/aromatic N) is 4. The normalized spacial score (nSPS) is 15.9. The molecule has 2 rings (SSSR count). The molecule has 0 radical (unpaired) electrons. The maximum Gasteiger partial charge on any atom is 0.222 e. The Morgan fingerprint density at radius 1 is 1.38 bits per heavy atom. The van der Waals surface area contributed by atoms with Gasteiger partial charge in [-0.1, -0.05) is 6.42 Å². The molecule has 1 fully saturated rings. The summed E-state index contributed by atoms with van der Waals surface area (Å²) in [4.78, 5) is 21.0. The van der Waals surface area contributed by atoms with E-state index in [0.29, 0.717) is 12.3 Å². The summed E-state index contributed by atoms with van der Waals surface area (Å²) in [5.41, 5.74) is 1.22. The van der Waals surface area contributed by atoms with Gasteiger partial charge in [0.15, 0.2) is 5.96 Å². The molecule has 0 spiro atoms. The van der Waals surface area contributed by atoms with Crippen LogP contribution in [0.4, 0.5) is 0 Å². The number of aliphatic imine (C=N–C) groups is 1. The lowest BCUT2D eigenvalue weighted by molar-refractivity contribution is -0.130. The summed E-state index contributed by atoms with van der Waals surface area (Å²) >= 11 is 3.52. The number of carbonyl (C=O) groups excluding carboxylic acids is 1. The van der Waals surface area contributed by atoms with Gasteiger partial charge in [-0.05, 0) is 48.2 Å². The van der Waals surface area contributed by atoms with Gasteiger partial charge in [0.2, 0.25) is 5.91 Å². The van der Waals surface area contributed by atoms with E-state index in [1.807, 2.05) is 4.90 Å². The topological polar surface area (TPSA) is 52.9 Å². The molecule has 1 aromatic rings. The number of carbonyl (C=O) groups is 1. The zero-order valence-corrected chi connectivity index (χ0v) is 17.9. The van der Waals surface area contributed by atoms with Crippen molar-refractivity contribution < 1.29 is 4.79 Å². The first-order valence-corrected chi connectivity index (χ1v) is 10.4. The number of rotatable bonds is 7. The third-order valence-electron chi connectivity index (χ3n) is 4.69. The number of guanidine groups is 1. The number of aromatic nitrogens is 1. The predicted molar refractivity (Wildman–Crippen MR) is 110 cm³/mol. The van der Waals surface area contributed by atoms with Crippen molar-refractivity contribution in [3.63, 3.8) is 0 Å². The second kappa shape index (κ2) is 10.6. The van der Waals surface area contributed by atoms with Crippen molar-refractivity contribution in [3.8, 4) is 0 Å². The van der Waals surface area contributed by atoms with E-state index < -0.39 is 0 Å². The lowest BCUT2D eigenvalue weighted by Crippen LogP contribution is -2.39. The first-order valence-electron chi connectivity index (χ1n) is 9.59. The Morgan fingerprint density at radius 3 is 2.88 bits per heavy atom. The fraction of sp³-hybridized carbons (Fsp3) is 0.684. The number of hydrogen-bond donors (Lipinski definition) is 1. The maximum atomic E-state index is 12.1. The molecule has 0 unspecified atom stereocenters. The number of nitrogens with one attached hydrogen (secondary N) is 1. The van der Waals surface area contributed by atoms with Crippen molar-refractivity contribution >= 4 is 27.8 Å². The summed E-state index contributed by atoms with van der Waals surface area (Å²) < 4.78 is 3.21. The van der Waals surface area contributed by atoms with Crippen molar-refractivity contribution in [2.24, 2.45) is 12.0 Å². The van der Waals surface area contributed by atoms with Crippen LogP contribution in [0.3, 0.4) is 0 Å². The highest BCUT2D eigenvalue weighted by Crippen LogP contribution is 2.15. The Hall–Kier alpha value is -1.50. The number of likely N-dealkylation sites (tertiary alicyclic amines) is 1. The van der Waals surface area contributed by atoms with Gasteiger partial charge in [-0.2, -0.15) is 0 Å². The highest BCUT2D eigenvalue weighted by molar-refractivity contribution is 9.10. The van der Waals surface area contributed by atoms with Crippen LogP contribution in [0, 0.1) is 0 Å². The molecule has 1 aromatic heterocycles. The third kappa shape index (κ3) is 6.34. The first-order chi connectivity index (χ1) is 12.5. The molecule has 146 valence electrons. The standard InChI is InChI=1S/C19H32BrN5O/c1-4-21-19(24(3)15-17-13-16(20)14-23(17)2)22-10-8-12-25-11-7-5-6-9-18(25)26/h13-14H,4-12,15H2,1-3H3,(H,21,22). The highest BCUT2D eigenvalue weighted by Gasteiger charge is 2.15. The van der Waals surface area contributed by atoms with Crippen LogP contribution in [-0.2, 0) is 18.4 Å². The average Bonchev–Trinajstić information content (AvgIpc) is 2.78. The molecule has 1 aliphatic heterocycles. The molecule has 26 heavy (non-hydrogen) atoms. The molecule has 6 nitrogen and oxygen atoms in total. The van der Waals surface area contributed by atoms with Crippen LogP contribution in [-0.4, -0.2) is 59.5 Å². The predicted octanol–water partition coefficient (Wildman–Crippen LogP) is 2.98. The van der Waals surface area contributed by atoms with Gasteiger partial charge in [-0.15, -0.1) is 0 Å². The second-order valence-corrected chi connectivity index (χ2v) is 7.81. The largest absolute Gasteiger partial charge is 0.357 e. The van der Waals surface area contributed by atoms with E-state index in [2.05, 4.69) is 64.0 Å². The van der Waals surface area contributed by atoms with E-state index >= 15 is 0 Å². The zero-order valence-electron chi connectivity index (χ0n) is 16.3. The molecule has 2 heterocycles. The van der Waals surface area contributed by atoms with E-state index in [0.717, 1.165) is 62.4 Å². The van der Waals surface area contributed by atoms with Gasteiger partial charge in [0, 0.05) is 63.1 Å². The van der Waals surface area contributed by atoms with Crippen LogP contribution in [0.5, 0.6) is 0 Å². The van der Waals surface area contributed by atoms with Crippen molar-refractivity contribution in [1.29, 1.82) is 0 Å². The summed E-state index contributed by atoms with van der Waals surface area (Å²) in [5, 5.41) is 3.36. The Morgan fingerprint density at radius 2 is 2.19 bits per heavy atom. The number of aryl methyl sites for hydroxylation is 1. The smallest absolute Gasteiger partial charge is 0.222 e. The van der Waals surface area contributed by atoms with Gasteiger partial charge >= 0.3 is 0 Å². The Kier molecular flexibility index (Phi) is 8.48. The second-order valence-electron chi connectivity index (χ2n) is 6.90. The van der Waals surface area contributed by atoms with Crippen molar-refractivity contribution in [1.82, 2.24) is 19.7 Å². The van der Waals surface area contributed by atoms with E-state index in [4.69, 9.17) is 4.99 Å². The monoisotopic (exact) mass is 425 g/mol. The quantitative estimate of drug-likeness (QED) is 0.414. The van der Waals surface area contributed by atoms with E-state index in [1.165, 1.54) is 12.1 Å². The summed E-state index contributed by atoms with van der Waals surface area (Å²) in [6.45, 7) is 6.16. The highest BCUT2D eigenvalue weighted by atomic mass is 79.9. The fourth-order valence-corrected chi connectivity index (χ4v) is 3.80. The van der Waals surface area contributed by atoms with Crippen molar-refractivity contribution in [3.05, 3.63) is 22.4 Å². The Bertz CT molecular complexity index is 613. The van der Waals surface area contributed by atoms with Gasteiger partial charge in [-0.25, -0.2) is 0 Å². The molecule has 0 atom stereocenters. The number of amides is 1. The van der Waals surface area contributed by atoms with Gasteiger partial charge < -0.3 is 19.7 Å². The summed E-state index contributed by atoms with van der Waals surface area (Å²) in [7, 11) is 4.11. The number of hydrogen-bond acceptors (Lipinski definition) is 2. The van der Waals surface area contributed by atoms with Gasteiger partial charge in [0.25, 0.3) is 0 Å². The molecule has 7 heteroatoms. The minimum Gasteiger partial charge on any atom is -0.357 e. The van der Waals surface area contributed by atoms with E-state index in [-0.39, 0.29) is 0 Å². The van der Waals surface area contributed by atoms with Crippen LogP contribution in [0.15, 0.2) is 21.7 Å². The Balaban J connectivity index is 1.86. The molecule has 0 bridgehead atoms. The minimum atomic E-state index is 0.310. The van der Waals surface area contributed by atoms with Crippen LogP contribution >= 0.6 is 15.9 Å². The lowest BCUT2D eigenvalue weighted by atomic mass is 10.2. The average molecular weight is 426 g/mol. The van der Waals surface area contributed by atoms with Gasteiger partial charge in [0.1, 0.15) is 0 Å². The third-order valence-corrected chi connectivity index (χ3v) is 5.12. The maximum absolute atomic E-state index is 12.1. The Labute approximate surface area is 165 Å². The van der Waals surface area contributed by atoms with Crippen LogP contribution in [0.2, 0.25) is 0 Å². The van der Waals surface area contributed by atoms with Crippen LogP contribution in [0.25, 0.3) is 0 Å². The minimum absolute atomic E-state index is 0.310. The van der Waals surface area contributed by atoms with Crippen LogP contribution < -0.4 is 5.32 Å². The van der Waals surface area contributed by atoms with Crippen molar-refractivity contribution in [2.45, 2.75) is 45.6 Å². The lowest BCUT2D eigenvalue weighted by Gasteiger charge is -2.23. The van der Waals surface area contributed by atoms with Gasteiger partial charge in [-0.3, -0.25) is 9.79 Å². The molecule has 1 aliphatic rings. The molecular formula is C19H32BrN5O. The molecule has 0 aliphatic carbocycles. The molecule has 1 saturated heterocycles. The summed E-state index contributed by atoms with van der Waals surface area (Å²) in [6, 6.07) is 2.13. The zero-order chi connectivity index (χ0) is 18.9. The van der Waals surface area contributed by atoms with Gasteiger partial charge in [0.05, 0.1) is 6.54 Å². The molecular weight excluding hydrogens is 394 g/mol. The summed E-state index contributed by atoms with van der Waals surface area (Å²) in [6.07, 6.45) is 7.02. The molecule has 0 aromatic carbocycles. The van der Waals surface area contributed by atoms with Crippen LogP contribution in [0.1, 0.15) is 44.7 Å². The fourth-order valence-electron chi connectivity index (χ4n) is 3.23. The van der Waals surface area contributed by atoms with E-state index in [9.17, 15) is 4.79 Å². The first kappa shape index (κ1) is 20.8. The van der Waals surface area contributed by atoms with Crippen molar-refractivity contribution in [2.75, 3.05) is 33.2 Å². The molecule has 0 saturated carbocycles. The van der Waals surface area contributed by atoms with E-state index in [1.54, 1.807) is 0 Å². The number of halogens is 1. The molecule has 1 amide bonds. The summed E-state index contributed by atoms with van der Waals surface area (Å²) in [5.74, 6) is 1.22. The molecule has 1 N–H and O–H groups in total. The SMILES string of the molecule is CCNC(=NCCCN1CCCCCC1=O)N(C)Cc1cc(Br)cn1C.